The van der Waals surface area contributed by atoms with E-state index >= 15 is 0 Å². The van der Waals surface area contributed by atoms with Crippen molar-refractivity contribution in [3.8, 4) is 0 Å². The first-order valence-corrected chi connectivity index (χ1v) is 11.9. The summed E-state index contributed by atoms with van der Waals surface area (Å²) in [7, 11) is -4.37. The number of fused-ring (bicyclic) bond motifs is 1. The smallest absolute Gasteiger partial charge is 0.326 e. The van der Waals surface area contributed by atoms with Crippen molar-refractivity contribution in [2.24, 2.45) is 0 Å². The van der Waals surface area contributed by atoms with Gasteiger partial charge >= 0.3 is 13.6 Å². The minimum atomic E-state index is -4.37. The molecule has 1 amide bonds. The van der Waals surface area contributed by atoms with Gasteiger partial charge in [-0.15, -0.1) is 11.3 Å². The molecule has 6 N–H and O–H groups in total. The summed E-state index contributed by atoms with van der Waals surface area (Å²) < 4.78 is 11.0. The van der Waals surface area contributed by atoms with Crippen LogP contribution in [0.15, 0.2) is 23.1 Å². The predicted molar refractivity (Wildman–Crippen MR) is 114 cm³/mol. The van der Waals surface area contributed by atoms with Crippen LogP contribution in [0.2, 0.25) is 0 Å². The third-order valence-corrected chi connectivity index (χ3v) is 6.57. The molecule has 3 aromatic rings. The van der Waals surface area contributed by atoms with E-state index in [4.69, 9.17) is 9.79 Å². The highest BCUT2D eigenvalue weighted by atomic mass is 32.1. The van der Waals surface area contributed by atoms with Crippen molar-refractivity contribution >= 4 is 41.8 Å². The average Bonchev–Trinajstić information content (AvgIpc) is 3.29. The zero-order chi connectivity index (χ0) is 22.8. The summed E-state index contributed by atoms with van der Waals surface area (Å²) in [5.74, 6) is -1.48. The molecule has 0 aliphatic heterocycles. The van der Waals surface area contributed by atoms with Crippen molar-refractivity contribution in [2.45, 2.75) is 32.2 Å². The van der Waals surface area contributed by atoms with Gasteiger partial charge < -0.3 is 30.2 Å². The minimum absolute atomic E-state index is 0.222. The zero-order valence-corrected chi connectivity index (χ0v) is 18.1. The lowest BCUT2D eigenvalue weighted by Gasteiger charge is -2.14. The summed E-state index contributed by atoms with van der Waals surface area (Å²) in [6.45, 7) is 1.70. The van der Waals surface area contributed by atoms with E-state index in [1.54, 1.807) is 25.3 Å². The van der Waals surface area contributed by atoms with Crippen molar-refractivity contribution in [3.05, 3.63) is 49.8 Å². The number of hydrogen-bond donors (Lipinski definition) is 6. The van der Waals surface area contributed by atoms with Crippen LogP contribution in [-0.2, 0) is 22.2 Å². The summed E-state index contributed by atoms with van der Waals surface area (Å²) in [5, 5.41) is 12.0. The van der Waals surface area contributed by atoms with Crippen molar-refractivity contribution in [2.75, 3.05) is 6.16 Å². The Hall–Kier alpha value is -2.79. The van der Waals surface area contributed by atoms with Crippen LogP contribution in [0.1, 0.15) is 32.4 Å². The number of H-pyrrole nitrogens is 2. The highest BCUT2D eigenvalue weighted by molar-refractivity contribution is 7.51. The molecule has 0 aliphatic carbocycles. The Morgan fingerprint density at radius 1 is 1.29 bits per heavy atom. The molecule has 0 aliphatic rings. The van der Waals surface area contributed by atoms with E-state index in [1.807, 2.05) is 0 Å². The second-order valence-corrected chi connectivity index (χ2v) is 9.94. The maximum atomic E-state index is 12.4. The topological polar surface area (TPSA) is 185 Å². The van der Waals surface area contributed by atoms with Gasteiger partial charge in [-0.25, -0.2) is 9.78 Å². The van der Waals surface area contributed by atoms with Gasteiger partial charge in [-0.2, -0.15) is 0 Å². The Bertz CT molecular complexity index is 1230. The molecule has 0 saturated carbocycles. The molecule has 0 radical (unpaired) electrons. The molecule has 3 heterocycles. The summed E-state index contributed by atoms with van der Waals surface area (Å²) in [5.41, 5.74) is 1.09. The van der Waals surface area contributed by atoms with E-state index < -0.39 is 31.7 Å². The molecule has 3 rings (SSSR count). The number of carboxylic acid groups (broad SMARTS) is 1. The van der Waals surface area contributed by atoms with E-state index in [2.05, 4.69) is 20.3 Å². The van der Waals surface area contributed by atoms with Crippen LogP contribution in [0, 0.1) is 6.92 Å². The second-order valence-electron chi connectivity index (χ2n) is 7.00. The van der Waals surface area contributed by atoms with Gasteiger partial charge in [-0.3, -0.25) is 14.2 Å². The number of aromatic nitrogens is 3. The van der Waals surface area contributed by atoms with Gasteiger partial charge in [0.15, 0.2) is 0 Å². The van der Waals surface area contributed by atoms with Gasteiger partial charge in [0.2, 0.25) is 0 Å². The van der Waals surface area contributed by atoms with E-state index in [9.17, 15) is 24.1 Å². The fourth-order valence-electron chi connectivity index (χ4n) is 3.09. The van der Waals surface area contributed by atoms with Crippen LogP contribution >= 0.6 is 18.9 Å². The molecule has 166 valence electrons. The molecule has 1 atom stereocenters. The van der Waals surface area contributed by atoms with Gasteiger partial charge in [0.1, 0.15) is 17.5 Å². The lowest BCUT2D eigenvalue weighted by molar-refractivity contribution is -0.139. The number of carbonyl (C=O) groups excluding carboxylic acids is 1. The maximum absolute atomic E-state index is 12.4. The van der Waals surface area contributed by atoms with Crippen molar-refractivity contribution in [3.63, 3.8) is 0 Å². The number of aromatic amines is 2. The number of aliphatic carboxylic acids is 1. The van der Waals surface area contributed by atoms with E-state index in [1.165, 1.54) is 11.3 Å². The maximum Gasteiger partial charge on any atom is 0.326 e. The number of carbonyl (C=O) groups is 2. The normalized spacial score (nSPS) is 12.7. The first-order valence-electron chi connectivity index (χ1n) is 9.27. The third-order valence-electron chi connectivity index (χ3n) is 4.58. The minimum Gasteiger partial charge on any atom is -0.480 e. The summed E-state index contributed by atoms with van der Waals surface area (Å²) >= 11 is 1.18. The highest BCUT2D eigenvalue weighted by Gasteiger charge is 2.25. The number of rotatable bonds is 9. The number of hydrogen-bond acceptors (Lipinski definition) is 6. The number of aryl methyl sites for hydroxylation is 3. The number of amides is 1. The van der Waals surface area contributed by atoms with Crippen molar-refractivity contribution in [1.29, 1.82) is 0 Å². The zero-order valence-electron chi connectivity index (χ0n) is 16.4. The monoisotopic (exact) mass is 468 g/mol. The molecule has 31 heavy (non-hydrogen) atoms. The molecular weight excluding hydrogens is 447 g/mol. The number of carboxylic acids is 1. The quantitative estimate of drug-likeness (QED) is 0.253. The Morgan fingerprint density at radius 2 is 2.03 bits per heavy atom. The first kappa shape index (κ1) is 22.9. The average molecular weight is 468 g/mol. The van der Waals surface area contributed by atoms with Crippen LogP contribution in [0.25, 0.3) is 11.0 Å². The molecule has 1 unspecified atom stereocenters. The molecule has 11 nitrogen and oxygen atoms in total. The lowest BCUT2D eigenvalue weighted by Crippen LogP contribution is -2.41. The van der Waals surface area contributed by atoms with Crippen LogP contribution in [0.4, 0.5) is 0 Å². The van der Waals surface area contributed by atoms with Gasteiger partial charge in [0, 0.05) is 11.1 Å². The van der Waals surface area contributed by atoms with Gasteiger partial charge in [-0.1, -0.05) is 0 Å². The van der Waals surface area contributed by atoms with Crippen LogP contribution < -0.4 is 10.9 Å². The summed E-state index contributed by atoms with van der Waals surface area (Å²) in [6.07, 6.45) is 1.80. The van der Waals surface area contributed by atoms with E-state index in [0.717, 1.165) is 10.4 Å². The van der Waals surface area contributed by atoms with Crippen molar-refractivity contribution < 1.29 is 29.0 Å². The summed E-state index contributed by atoms with van der Waals surface area (Å²) in [4.78, 5) is 64.7. The van der Waals surface area contributed by atoms with Gasteiger partial charge in [0.25, 0.3) is 11.5 Å². The second kappa shape index (κ2) is 9.15. The largest absolute Gasteiger partial charge is 0.480 e. The fraction of sp³-hybridized carbons (Fsp3) is 0.333. The van der Waals surface area contributed by atoms with E-state index in [0.29, 0.717) is 29.7 Å². The molecule has 0 bridgehead atoms. The molecule has 3 aromatic heterocycles. The SMILES string of the molecule is Cc1nc2[nH]cc(CCc3ccc(C(=O)NC(CCP(=O)(O)O)C(=O)O)s3)c2c(=O)[nH]1. The van der Waals surface area contributed by atoms with Crippen molar-refractivity contribution in [1.82, 2.24) is 20.3 Å². The van der Waals surface area contributed by atoms with Gasteiger partial charge in [0.05, 0.1) is 16.4 Å². The first-order chi connectivity index (χ1) is 14.5. The van der Waals surface area contributed by atoms with Crippen LogP contribution in [0.5, 0.6) is 0 Å². The van der Waals surface area contributed by atoms with E-state index in [-0.39, 0.29) is 16.9 Å². The van der Waals surface area contributed by atoms with Gasteiger partial charge in [-0.05, 0) is 43.9 Å². The molecule has 0 spiro atoms. The van der Waals surface area contributed by atoms with Crippen LogP contribution in [0.3, 0.4) is 0 Å². The fourth-order valence-corrected chi connectivity index (χ4v) is 4.59. The Morgan fingerprint density at radius 3 is 2.71 bits per heavy atom. The Kier molecular flexibility index (Phi) is 6.75. The number of thiophene rings is 1. The Labute approximate surface area is 179 Å². The molecule has 0 saturated heterocycles. The summed E-state index contributed by atoms with van der Waals surface area (Å²) in [6, 6.07) is 1.90. The predicted octanol–water partition coefficient (Wildman–Crippen LogP) is 1.16. The molecule has 13 heteroatoms. The molecule has 0 fully saturated rings. The standard InChI is InChI=1S/C18H21N4O7PS/c1-9-20-15-14(17(24)21-9)10(8-19-15)2-3-11-4-5-13(31-11)16(23)22-12(18(25)26)6-7-30(27,28)29/h4-5,8,12H,2-3,6-7H2,1H3,(H,22,23)(H,25,26)(H2,27,28,29)(H2,19,20,21,24). The molecule has 0 aromatic carbocycles. The lowest BCUT2D eigenvalue weighted by atomic mass is 10.1. The number of nitrogens with zero attached hydrogens (tertiary/aromatic N) is 1. The van der Waals surface area contributed by atoms with Crippen LogP contribution in [-0.4, -0.2) is 53.9 Å². The highest BCUT2D eigenvalue weighted by Crippen LogP contribution is 2.35. The number of nitrogens with one attached hydrogen (secondary N) is 3. The molecular formula is C18H21N4O7PS. The third kappa shape index (κ3) is 5.88. The Balaban J connectivity index is 1.64.